The first kappa shape index (κ1) is 24.1. The second-order valence-electron chi connectivity index (χ2n) is 9.65. The SMILES string of the molecule is CC(CCO)(c1ccc(OCCN2CCCC2)cc1)c1ccc(OCCN2CCCC2)cc1. The van der Waals surface area contributed by atoms with E-state index in [-0.39, 0.29) is 12.0 Å². The molecule has 2 fully saturated rings. The summed E-state index contributed by atoms with van der Waals surface area (Å²) in [5, 5.41) is 9.81. The molecule has 2 aliphatic heterocycles. The highest BCUT2D eigenvalue weighted by Crippen LogP contribution is 2.36. The van der Waals surface area contributed by atoms with E-state index in [0.29, 0.717) is 6.42 Å². The fraction of sp³-hybridized carbons (Fsp3) is 0.571. The predicted octanol–water partition coefficient (Wildman–Crippen LogP) is 4.32. The molecule has 4 rings (SSSR count). The number of hydrogen-bond acceptors (Lipinski definition) is 5. The van der Waals surface area contributed by atoms with Crippen molar-refractivity contribution >= 4 is 0 Å². The Kier molecular flexibility index (Phi) is 8.65. The number of hydrogen-bond donors (Lipinski definition) is 1. The minimum absolute atomic E-state index is 0.138. The molecule has 0 saturated carbocycles. The van der Waals surface area contributed by atoms with E-state index in [4.69, 9.17) is 9.47 Å². The van der Waals surface area contributed by atoms with Crippen molar-refractivity contribution in [3.8, 4) is 11.5 Å². The zero-order valence-corrected chi connectivity index (χ0v) is 20.2. The van der Waals surface area contributed by atoms with Gasteiger partial charge in [0.15, 0.2) is 0 Å². The first-order valence-electron chi connectivity index (χ1n) is 12.7. The fourth-order valence-electron chi connectivity index (χ4n) is 5.11. The molecule has 0 spiro atoms. The topological polar surface area (TPSA) is 45.2 Å². The summed E-state index contributed by atoms with van der Waals surface area (Å²) in [5.74, 6) is 1.82. The summed E-state index contributed by atoms with van der Waals surface area (Å²) in [4.78, 5) is 4.93. The second kappa shape index (κ2) is 11.9. The van der Waals surface area contributed by atoms with Crippen LogP contribution in [0.4, 0.5) is 0 Å². The molecule has 0 amide bonds. The normalized spacial score (nSPS) is 17.5. The van der Waals surface area contributed by atoms with Crippen LogP contribution in [-0.2, 0) is 5.41 Å². The molecule has 0 unspecified atom stereocenters. The maximum atomic E-state index is 9.81. The van der Waals surface area contributed by atoms with Gasteiger partial charge in [0.2, 0.25) is 0 Å². The van der Waals surface area contributed by atoms with Crippen LogP contribution in [-0.4, -0.2) is 74.0 Å². The molecule has 2 aromatic rings. The smallest absolute Gasteiger partial charge is 0.119 e. The van der Waals surface area contributed by atoms with Crippen LogP contribution in [0.1, 0.15) is 50.2 Å². The molecule has 2 heterocycles. The van der Waals surface area contributed by atoms with Crippen molar-refractivity contribution in [2.75, 3.05) is 59.1 Å². The third-order valence-electron chi connectivity index (χ3n) is 7.34. The van der Waals surface area contributed by atoms with Gasteiger partial charge < -0.3 is 14.6 Å². The lowest BCUT2D eigenvalue weighted by Gasteiger charge is -2.31. The number of benzene rings is 2. The number of rotatable bonds is 12. The molecule has 1 N–H and O–H groups in total. The zero-order valence-electron chi connectivity index (χ0n) is 20.2. The van der Waals surface area contributed by atoms with Gasteiger partial charge in [-0.2, -0.15) is 0 Å². The van der Waals surface area contributed by atoms with Crippen molar-refractivity contribution in [3.05, 3.63) is 59.7 Å². The van der Waals surface area contributed by atoms with E-state index in [2.05, 4.69) is 65.3 Å². The van der Waals surface area contributed by atoms with Gasteiger partial charge in [-0.3, -0.25) is 9.80 Å². The summed E-state index contributed by atoms with van der Waals surface area (Å²) in [6, 6.07) is 16.8. The van der Waals surface area contributed by atoms with Crippen molar-refractivity contribution in [1.82, 2.24) is 9.80 Å². The van der Waals surface area contributed by atoms with Gasteiger partial charge in [0.05, 0.1) is 0 Å². The molecule has 2 aromatic carbocycles. The van der Waals surface area contributed by atoms with Crippen molar-refractivity contribution in [2.24, 2.45) is 0 Å². The maximum Gasteiger partial charge on any atom is 0.119 e. The standard InChI is InChI=1S/C28H40N2O3/c1-28(14-21-31,24-6-10-26(11-7-24)32-22-19-29-15-2-3-16-29)25-8-12-27(13-9-25)33-23-20-30-17-4-5-18-30/h6-13,31H,2-5,14-23H2,1H3. The average molecular weight is 453 g/mol. The van der Waals surface area contributed by atoms with Crippen molar-refractivity contribution in [1.29, 1.82) is 0 Å². The Morgan fingerprint density at radius 3 is 1.45 bits per heavy atom. The van der Waals surface area contributed by atoms with Crippen LogP contribution in [0.5, 0.6) is 11.5 Å². The van der Waals surface area contributed by atoms with E-state index in [1.54, 1.807) is 0 Å². The Hall–Kier alpha value is -2.08. The number of likely N-dealkylation sites (tertiary alicyclic amines) is 2. The second-order valence-corrected chi connectivity index (χ2v) is 9.65. The van der Waals surface area contributed by atoms with Crippen LogP contribution in [0, 0.1) is 0 Å². The van der Waals surface area contributed by atoms with E-state index in [0.717, 1.165) is 37.8 Å². The first-order chi connectivity index (χ1) is 16.2. The highest BCUT2D eigenvalue weighted by Gasteiger charge is 2.28. The Balaban J connectivity index is 1.34. The highest BCUT2D eigenvalue weighted by molar-refractivity contribution is 5.42. The third-order valence-corrected chi connectivity index (χ3v) is 7.34. The van der Waals surface area contributed by atoms with Gasteiger partial charge in [0, 0.05) is 25.1 Å². The summed E-state index contributed by atoms with van der Waals surface area (Å²) in [7, 11) is 0. The minimum atomic E-state index is -0.267. The van der Waals surface area contributed by atoms with Gasteiger partial charge >= 0.3 is 0 Å². The minimum Gasteiger partial charge on any atom is -0.492 e. The molecular formula is C28H40N2O3. The van der Waals surface area contributed by atoms with E-state index >= 15 is 0 Å². The molecule has 5 heteroatoms. The Bertz CT molecular complexity index is 760. The van der Waals surface area contributed by atoms with Gasteiger partial charge in [-0.1, -0.05) is 31.2 Å². The van der Waals surface area contributed by atoms with E-state index in [1.165, 1.54) is 63.0 Å². The Morgan fingerprint density at radius 1 is 0.697 bits per heavy atom. The van der Waals surface area contributed by atoms with Crippen LogP contribution < -0.4 is 9.47 Å². The molecule has 0 aliphatic carbocycles. The molecular weight excluding hydrogens is 412 g/mol. The quantitative estimate of drug-likeness (QED) is 0.520. The number of ether oxygens (including phenoxy) is 2. The fourth-order valence-corrected chi connectivity index (χ4v) is 5.11. The van der Waals surface area contributed by atoms with Gasteiger partial charge in [-0.05, 0) is 93.7 Å². The zero-order chi connectivity index (χ0) is 22.9. The van der Waals surface area contributed by atoms with E-state index in [1.807, 2.05) is 0 Å². The predicted molar refractivity (Wildman–Crippen MR) is 133 cm³/mol. The van der Waals surface area contributed by atoms with Crippen LogP contribution in [0.2, 0.25) is 0 Å². The first-order valence-corrected chi connectivity index (χ1v) is 12.7. The van der Waals surface area contributed by atoms with E-state index in [9.17, 15) is 5.11 Å². The number of nitrogens with zero attached hydrogens (tertiary/aromatic N) is 2. The monoisotopic (exact) mass is 452 g/mol. The van der Waals surface area contributed by atoms with E-state index < -0.39 is 0 Å². The Labute approximate surface area is 199 Å². The lowest BCUT2D eigenvalue weighted by molar-refractivity contribution is 0.237. The van der Waals surface area contributed by atoms with Crippen molar-refractivity contribution < 1.29 is 14.6 Å². The molecule has 0 atom stereocenters. The van der Waals surface area contributed by atoms with Crippen LogP contribution >= 0.6 is 0 Å². The lowest BCUT2D eigenvalue weighted by atomic mass is 9.74. The Morgan fingerprint density at radius 2 is 1.09 bits per heavy atom. The molecule has 0 aromatic heterocycles. The summed E-state index contributed by atoms with van der Waals surface area (Å²) in [5.41, 5.74) is 2.11. The number of aliphatic hydroxyl groups excluding tert-OH is 1. The van der Waals surface area contributed by atoms with Crippen molar-refractivity contribution in [2.45, 2.75) is 44.4 Å². The number of aliphatic hydroxyl groups is 1. The molecule has 0 radical (unpaired) electrons. The highest BCUT2D eigenvalue weighted by atomic mass is 16.5. The maximum absolute atomic E-state index is 9.81. The molecule has 2 aliphatic rings. The average Bonchev–Trinajstić information content (AvgIpc) is 3.55. The molecule has 0 bridgehead atoms. The van der Waals surface area contributed by atoms with Gasteiger partial charge in [0.1, 0.15) is 24.7 Å². The van der Waals surface area contributed by atoms with Crippen LogP contribution in [0.25, 0.3) is 0 Å². The summed E-state index contributed by atoms with van der Waals surface area (Å²) in [6.07, 6.45) is 5.90. The van der Waals surface area contributed by atoms with Gasteiger partial charge in [0.25, 0.3) is 0 Å². The molecule has 33 heavy (non-hydrogen) atoms. The molecule has 5 nitrogen and oxygen atoms in total. The lowest BCUT2D eigenvalue weighted by Crippen LogP contribution is -2.26. The summed E-state index contributed by atoms with van der Waals surface area (Å²) < 4.78 is 12.0. The third kappa shape index (κ3) is 6.50. The molecule has 2 saturated heterocycles. The largest absolute Gasteiger partial charge is 0.492 e. The summed E-state index contributed by atoms with van der Waals surface area (Å²) in [6.45, 7) is 10.6. The van der Waals surface area contributed by atoms with Crippen LogP contribution in [0.3, 0.4) is 0 Å². The summed E-state index contributed by atoms with van der Waals surface area (Å²) >= 11 is 0. The van der Waals surface area contributed by atoms with Gasteiger partial charge in [-0.25, -0.2) is 0 Å². The molecule has 180 valence electrons. The van der Waals surface area contributed by atoms with Crippen LogP contribution in [0.15, 0.2) is 48.5 Å². The van der Waals surface area contributed by atoms with Crippen molar-refractivity contribution in [3.63, 3.8) is 0 Å². The van der Waals surface area contributed by atoms with Gasteiger partial charge in [-0.15, -0.1) is 0 Å².